The molecule has 0 atom stereocenters. The van der Waals surface area contributed by atoms with E-state index in [1.54, 1.807) is 0 Å². The number of hydrogen-bond donors (Lipinski definition) is 1. The summed E-state index contributed by atoms with van der Waals surface area (Å²) in [6, 6.07) is 7.50. The lowest BCUT2D eigenvalue weighted by Gasteiger charge is -2.21. The van der Waals surface area contributed by atoms with Gasteiger partial charge in [0.25, 0.3) is 5.91 Å². The molecule has 0 radical (unpaired) electrons. The molecular formula is C19H17F3N2O4. The van der Waals surface area contributed by atoms with Crippen LogP contribution in [-0.4, -0.2) is 38.0 Å². The molecule has 0 fully saturated rings. The zero-order valence-electron chi connectivity index (χ0n) is 15.1. The second-order valence-corrected chi connectivity index (χ2v) is 5.69. The van der Waals surface area contributed by atoms with Gasteiger partial charge in [-0.3, -0.25) is 9.59 Å². The lowest BCUT2D eigenvalue weighted by Crippen LogP contribution is -2.37. The van der Waals surface area contributed by atoms with Gasteiger partial charge >= 0.3 is 5.97 Å². The average molecular weight is 394 g/mol. The minimum absolute atomic E-state index is 0.0317. The van der Waals surface area contributed by atoms with Crippen LogP contribution < -0.4 is 10.2 Å². The Labute approximate surface area is 158 Å². The van der Waals surface area contributed by atoms with Gasteiger partial charge in [-0.2, -0.15) is 0 Å². The second-order valence-electron chi connectivity index (χ2n) is 5.69. The summed E-state index contributed by atoms with van der Waals surface area (Å²) >= 11 is 0. The third-order valence-electron chi connectivity index (χ3n) is 3.88. The Morgan fingerprint density at radius 2 is 1.64 bits per heavy atom. The fraction of sp³-hybridized carbons (Fsp3) is 0.211. The van der Waals surface area contributed by atoms with Crippen LogP contribution in [0, 0.1) is 17.5 Å². The van der Waals surface area contributed by atoms with Gasteiger partial charge in [0, 0.05) is 25.7 Å². The van der Waals surface area contributed by atoms with Crippen LogP contribution in [0.4, 0.5) is 18.9 Å². The number of benzene rings is 2. The molecule has 148 valence electrons. The van der Waals surface area contributed by atoms with Crippen LogP contribution in [0.3, 0.4) is 0 Å². The molecule has 0 aliphatic rings. The van der Waals surface area contributed by atoms with E-state index in [4.69, 9.17) is 0 Å². The maximum Gasteiger partial charge on any atom is 0.337 e. The normalized spacial score (nSPS) is 10.3. The first-order valence-electron chi connectivity index (χ1n) is 8.14. The number of carbonyl (C=O) groups is 3. The van der Waals surface area contributed by atoms with Crippen molar-refractivity contribution < 1.29 is 32.3 Å². The van der Waals surface area contributed by atoms with E-state index in [1.807, 2.05) is 0 Å². The third kappa shape index (κ3) is 4.67. The van der Waals surface area contributed by atoms with E-state index < -0.39 is 34.9 Å². The summed E-state index contributed by atoms with van der Waals surface area (Å²) < 4.78 is 44.4. The fourth-order valence-electron chi connectivity index (χ4n) is 2.44. The Bertz CT molecular complexity index is 901. The number of nitrogens with zero attached hydrogens (tertiary/aromatic N) is 1. The van der Waals surface area contributed by atoms with Gasteiger partial charge in [0.1, 0.15) is 0 Å². The van der Waals surface area contributed by atoms with E-state index in [2.05, 4.69) is 10.1 Å². The number of amides is 2. The standard InChI is InChI=1S/C19H17F3N2O4/c1-11(25)24(13-5-3-12(4-6-13)19(27)28-2)10-9-23-18(26)14-7-8-15(20)17(22)16(14)21/h3-8H,9-10H2,1-2H3,(H,23,26). The molecule has 0 aliphatic heterocycles. The first-order chi connectivity index (χ1) is 13.3. The predicted molar refractivity (Wildman–Crippen MR) is 94.5 cm³/mol. The van der Waals surface area contributed by atoms with E-state index in [0.29, 0.717) is 17.3 Å². The molecular weight excluding hydrogens is 377 g/mol. The minimum Gasteiger partial charge on any atom is -0.465 e. The number of carbonyl (C=O) groups excluding carboxylic acids is 3. The number of halogens is 3. The highest BCUT2D eigenvalue weighted by Gasteiger charge is 2.19. The molecule has 2 rings (SSSR count). The van der Waals surface area contributed by atoms with E-state index in [-0.39, 0.29) is 19.0 Å². The smallest absolute Gasteiger partial charge is 0.337 e. The van der Waals surface area contributed by atoms with E-state index in [9.17, 15) is 27.6 Å². The molecule has 9 heteroatoms. The summed E-state index contributed by atoms with van der Waals surface area (Å²) in [6.07, 6.45) is 0. The average Bonchev–Trinajstić information content (AvgIpc) is 2.68. The number of rotatable bonds is 6. The quantitative estimate of drug-likeness (QED) is 0.604. The summed E-state index contributed by atoms with van der Waals surface area (Å²) in [6.45, 7) is 1.27. The molecule has 0 aliphatic carbocycles. The molecule has 0 spiro atoms. The maximum absolute atomic E-state index is 13.6. The number of nitrogens with one attached hydrogen (secondary N) is 1. The van der Waals surface area contributed by atoms with Gasteiger partial charge in [-0.25, -0.2) is 18.0 Å². The van der Waals surface area contributed by atoms with Gasteiger partial charge in [-0.1, -0.05) is 0 Å². The lowest BCUT2D eigenvalue weighted by atomic mass is 10.2. The molecule has 28 heavy (non-hydrogen) atoms. The van der Waals surface area contributed by atoms with Crippen molar-refractivity contribution in [3.05, 3.63) is 65.0 Å². The highest BCUT2D eigenvalue weighted by molar-refractivity contribution is 5.95. The fourth-order valence-corrected chi connectivity index (χ4v) is 2.44. The first-order valence-corrected chi connectivity index (χ1v) is 8.14. The molecule has 6 nitrogen and oxygen atoms in total. The van der Waals surface area contributed by atoms with Crippen molar-refractivity contribution in [3.63, 3.8) is 0 Å². The molecule has 0 heterocycles. The summed E-state index contributed by atoms with van der Waals surface area (Å²) in [4.78, 5) is 36.6. The van der Waals surface area contributed by atoms with Gasteiger partial charge in [-0.15, -0.1) is 0 Å². The molecule has 2 aromatic rings. The number of methoxy groups -OCH3 is 1. The summed E-state index contributed by atoms with van der Waals surface area (Å²) in [7, 11) is 1.25. The molecule has 1 N–H and O–H groups in total. The third-order valence-corrected chi connectivity index (χ3v) is 3.88. The second kappa shape index (κ2) is 9.03. The van der Waals surface area contributed by atoms with Crippen molar-refractivity contribution in [2.24, 2.45) is 0 Å². The largest absolute Gasteiger partial charge is 0.465 e. The molecule has 0 unspecified atom stereocenters. The molecule has 2 aromatic carbocycles. The van der Waals surface area contributed by atoms with Crippen LogP contribution in [0.2, 0.25) is 0 Å². The monoisotopic (exact) mass is 394 g/mol. The summed E-state index contributed by atoms with van der Waals surface area (Å²) in [5, 5.41) is 2.34. The highest BCUT2D eigenvalue weighted by atomic mass is 19.2. The Kier molecular flexibility index (Phi) is 6.75. The Balaban J connectivity index is 2.04. The summed E-state index contributed by atoms with van der Waals surface area (Å²) in [5.74, 6) is -6.52. The maximum atomic E-state index is 13.6. The van der Waals surface area contributed by atoms with Crippen LogP contribution in [-0.2, 0) is 9.53 Å². The van der Waals surface area contributed by atoms with Gasteiger partial charge in [-0.05, 0) is 36.4 Å². The zero-order valence-corrected chi connectivity index (χ0v) is 15.1. The number of hydrogen-bond acceptors (Lipinski definition) is 4. The van der Waals surface area contributed by atoms with Gasteiger partial charge in [0.05, 0.1) is 18.2 Å². The molecule has 0 saturated carbocycles. The predicted octanol–water partition coefficient (Wildman–Crippen LogP) is 2.67. The topological polar surface area (TPSA) is 75.7 Å². The number of esters is 1. The number of anilines is 1. The first kappa shape index (κ1) is 20.9. The minimum atomic E-state index is -1.73. The molecule has 0 bridgehead atoms. The Morgan fingerprint density at radius 3 is 2.21 bits per heavy atom. The van der Waals surface area contributed by atoms with Gasteiger partial charge in [0.15, 0.2) is 17.5 Å². The van der Waals surface area contributed by atoms with Crippen molar-refractivity contribution in [3.8, 4) is 0 Å². The highest BCUT2D eigenvalue weighted by Crippen LogP contribution is 2.17. The van der Waals surface area contributed by atoms with E-state index in [0.717, 1.165) is 6.07 Å². The van der Waals surface area contributed by atoms with Crippen LogP contribution >= 0.6 is 0 Å². The molecule has 2 amide bonds. The SMILES string of the molecule is COC(=O)c1ccc(N(CCNC(=O)c2ccc(F)c(F)c2F)C(C)=O)cc1. The van der Waals surface area contributed by atoms with E-state index in [1.165, 1.54) is 43.2 Å². The van der Waals surface area contributed by atoms with Crippen LogP contribution in [0.5, 0.6) is 0 Å². The van der Waals surface area contributed by atoms with Crippen LogP contribution in [0.1, 0.15) is 27.6 Å². The zero-order chi connectivity index (χ0) is 20.8. The Morgan fingerprint density at radius 1 is 1.00 bits per heavy atom. The number of ether oxygens (including phenoxy) is 1. The van der Waals surface area contributed by atoms with Crippen molar-refractivity contribution in [1.82, 2.24) is 5.32 Å². The van der Waals surface area contributed by atoms with E-state index >= 15 is 0 Å². The van der Waals surface area contributed by atoms with Crippen LogP contribution in [0.15, 0.2) is 36.4 Å². The van der Waals surface area contributed by atoms with Gasteiger partial charge < -0.3 is 15.0 Å². The summed E-state index contributed by atoms with van der Waals surface area (Å²) in [5.41, 5.74) is 0.126. The Hall–Kier alpha value is -3.36. The van der Waals surface area contributed by atoms with Crippen molar-refractivity contribution in [2.45, 2.75) is 6.92 Å². The van der Waals surface area contributed by atoms with Crippen molar-refractivity contribution in [1.29, 1.82) is 0 Å². The van der Waals surface area contributed by atoms with Crippen molar-refractivity contribution in [2.75, 3.05) is 25.1 Å². The van der Waals surface area contributed by atoms with Crippen LogP contribution in [0.25, 0.3) is 0 Å². The molecule has 0 aromatic heterocycles. The lowest BCUT2D eigenvalue weighted by molar-refractivity contribution is -0.116. The van der Waals surface area contributed by atoms with Gasteiger partial charge in [0.2, 0.25) is 5.91 Å². The molecule has 0 saturated heterocycles. The van der Waals surface area contributed by atoms with Crippen molar-refractivity contribution >= 4 is 23.5 Å².